The van der Waals surface area contributed by atoms with Crippen LogP contribution in [0.3, 0.4) is 0 Å². The highest BCUT2D eigenvalue weighted by Crippen LogP contribution is 2.59. The second-order valence-corrected chi connectivity index (χ2v) is 14.9. The largest absolute Gasteiger partial charge is 0.455 e. The van der Waals surface area contributed by atoms with Crippen LogP contribution < -0.4 is 5.32 Å². The van der Waals surface area contributed by atoms with Crippen LogP contribution in [0.1, 0.15) is 71.0 Å². The number of fused-ring (bicyclic) bond motifs is 2. The first-order chi connectivity index (χ1) is 22.9. The van der Waals surface area contributed by atoms with Crippen LogP contribution >= 0.6 is 15.9 Å². The quantitative estimate of drug-likeness (QED) is 0.223. The molecule has 4 heterocycles. The van der Waals surface area contributed by atoms with Gasteiger partial charge >= 0.3 is 5.97 Å². The number of benzene rings is 1. The first-order valence-corrected chi connectivity index (χ1v) is 17.7. The maximum atomic E-state index is 14.8. The first kappa shape index (κ1) is 36.2. The van der Waals surface area contributed by atoms with Gasteiger partial charge in [-0.1, -0.05) is 71.3 Å². The Hall–Kier alpha value is -3.06. The van der Waals surface area contributed by atoms with Gasteiger partial charge in [-0.2, -0.15) is 0 Å². The molecule has 1 aromatic rings. The molecule has 2 fully saturated rings. The summed E-state index contributed by atoms with van der Waals surface area (Å²) in [6.07, 6.45) is 7.33. The number of cyclic esters (lactones) is 1. The second kappa shape index (κ2) is 15.2. The summed E-state index contributed by atoms with van der Waals surface area (Å²) in [7, 11) is 1.52. The molecule has 262 valence electrons. The van der Waals surface area contributed by atoms with Crippen LogP contribution in [0.4, 0.5) is 0 Å². The maximum absolute atomic E-state index is 14.8. The third-order valence-corrected chi connectivity index (χ3v) is 10.4. The van der Waals surface area contributed by atoms with E-state index in [2.05, 4.69) is 21.2 Å². The topological polar surface area (TPSA) is 135 Å². The molecule has 4 aliphatic rings. The van der Waals surface area contributed by atoms with E-state index in [0.717, 1.165) is 12.8 Å². The summed E-state index contributed by atoms with van der Waals surface area (Å²) in [5.74, 6) is -3.49. The summed E-state index contributed by atoms with van der Waals surface area (Å²) in [6, 6.07) is 7.44. The highest BCUT2D eigenvalue weighted by atomic mass is 79.9. The van der Waals surface area contributed by atoms with Crippen LogP contribution in [-0.4, -0.2) is 101 Å². The highest BCUT2D eigenvalue weighted by molar-refractivity contribution is 9.11. The number of aliphatic hydroxyl groups is 1. The van der Waals surface area contributed by atoms with Crippen molar-refractivity contribution >= 4 is 39.6 Å². The smallest absolute Gasteiger partial charge is 0.313 e. The number of esters is 1. The number of nitrogens with zero attached hydrogens (tertiary/aromatic N) is 2. The van der Waals surface area contributed by atoms with Crippen LogP contribution in [0.5, 0.6) is 0 Å². The van der Waals surface area contributed by atoms with Crippen molar-refractivity contribution in [2.45, 2.75) is 94.7 Å². The second-order valence-electron chi connectivity index (χ2n) is 14.0. The van der Waals surface area contributed by atoms with Crippen LogP contribution in [0.15, 0.2) is 53.0 Å². The Balaban J connectivity index is 1.60. The van der Waals surface area contributed by atoms with Crippen molar-refractivity contribution in [2.75, 3.05) is 33.4 Å². The number of nitrogens with one attached hydrogen (secondary N) is 1. The maximum Gasteiger partial charge on any atom is 0.313 e. The lowest BCUT2D eigenvalue weighted by atomic mass is 9.74. The predicted molar refractivity (Wildman–Crippen MR) is 182 cm³/mol. The van der Waals surface area contributed by atoms with Gasteiger partial charge in [0.25, 0.3) is 0 Å². The standard InChI is InChI=1S/C36H48BrN3O8/c1-35(2,3)40-19-13-8-11-17-26(42)38-25(22-46-4)29(23-15-9-7-10-16-23)47-34(45)27-28-32(43)39(18-12-5-6-14-20-41)31(33(40)44)36(28)21-24(37)30(27)48-36/h7-10,13,15-16,21,25,27-31,41H,5-6,11-12,14,17-20,22H2,1-4H3,(H,38,42)/b13-8-/t25-,27+,28-,29-,30+,31+,36-/m0/s1. The Kier molecular flexibility index (Phi) is 11.5. The molecule has 2 saturated heterocycles. The predicted octanol–water partition coefficient (Wildman–Crippen LogP) is 3.81. The summed E-state index contributed by atoms with van der Waals surface area (Å²) in [5, 5.41) is 12.3. The fourth-order valence-corrected chi connectivity index (χ4v) is 8.24. The molecule has 0 aliphatic carbocycles. The Bertz CT molecular complexity index is 1410. The van der Waals surface area contributed by atoms with Gasteiger partial charge < -0.3 is 34.4 Å². The van der Waals surface area contributed by atoms with Gasteiger partial charge in [-0.05, 0) is 51.7 Å². The lowest BCUT2D eigenvalue weighted by Crippen LogP contribution is -2.59. The van der Waals surface area contributed by atoms with Gasteiger partial charge in [-0.15, -0.1) is 0 Å². The zero-order valence-electron chi connectivity index (χ0n) is 28.2. The summed E-state index contributed by atoms with van der Waals surface area (Å²) in [6.45, 7) is 6.58. The molecule has 0 saturated carbocycles. The number of amides is 3. The third kappa shape index (κ3) is 7.13. The van der Waals surface area contributed by atoms with E-state index in [1.807, 2.05) is 69.3 Å². The number of methoxy groups -OCH3 is 1. The number of allylic oxidation sites excluding steroid dienone is 1. The zero-order valence-corrected chi connectivity index (χ0v) is 29.8. The molecule has 1 spiro atoms. The third-order valence-electron chi connectivity index (χ3n) is 9.74. The summed E-state index contributed by atoms with van der Waals surface area (Å²) in [5.41, 5.74) is -1.33. The van der Waals surface area contributed by atoms with E-state index in [1.54, 1.807) is 9.80 Å². The lowest BCUT2D eigenvalue weighted by Gasteiger charge is -2.41. The average molecular weight is 731 g/mol. The highest BCUT2D eigenvalue weighted by Gasteiger charge is 2.75. The van der Waals surface area contributed by atoms with Crippen LogP contribution in [-0.2, 0) is 33.4 Å². The Morgan fingerprint density at radius 1 is 1.02 bits per heavy atom. The molecule has 1 aromatic carbocycles. The molecular weight excluding hydrogens is 682 g/mol. The van der Waals surface area contributed by atoms with Crippen molar-refractivity contribution in [1.82, 2.24) is 15.1 Å². The van der Waals surface area contributed by atoms with E-state index < -0.39 is 53.2 Å². The number of carbonyl (C=O) groups is 4. The molecule has 3 amide bonds. The van der Waals surface area contributed by atoms with Gasteiger partial charge in [0.2, 0.25) is 17.7 Å². The van der Waals surface area contributed by atoms with Crippen molar-refractivity contribution in [3.05, 3.63) is 58.6 Å². The Labute approximate surface area is 291 Å². The summed E-state index contributed by atoms with van der Waals surface area (Å²) < 4.78 is 19.0. The van der Waals surface area contributed by atoms with E-state index in [0.29, 0.717) is 35.9 Å². The van der Waals surface area contributed by atoms with Gasteiger partial charge in [0.15, 0.2) is 0 Å². The molecule has 0 unspecified atom stereocenters. The first-order valence-electron chi connectivity index (χ1n) is 16.9. The Morgan fingerprint density at radius 2 is 1.75 bits per heavy atom. The number of aliphatic hydroxyl groups excluding tert-OH is 1. The molecule has 0 aromatic heterocycles. The molecule has 48 heavy (non-hydrogen) atoms. The number of hydrogen-bond donors (Lipinski definition) is 2. The minimum absolute atomic E-state index is 0.0795. The van der Waals surface area contributed by atoms with Crippen molar-refractivity contribution in [3.63, 3.8) is 0 Å². The molecular formula is C36H48BrN3O8. The Morgan fingerprint density at radius 3 is 2.44 bits per heavy atom. The number of carbonyl (C=O) groups excluding carboxylic acids is 4. The SMILES string of the molecule is COC[C@@H]1NC(=O)CC/C=C\CN(C(C)(C)C)C(=O)[C@H]2N(CCCCCCO)C(=O)[C@@H]3[C@@H](C(=O)O[C@H]1c1ccccc1)[C@@H]1O[C@@]32C=C1Br. The van der Waals surface area contributed by atoms with Gasteiger partial charge in [0.05, 0.1) is 18.6 Å². The molecule has 2 N–H and O–H groups in total. The van der Waals surface area contributed by atoms with Crippen molar-refractivity contribution in [1.29, 1.82) is 0 Å². The number of hydrogen-bond acceptors (Lipinski definition) is 8. The summed E-state index contributed by atoms with van der Waals surface area (Å²) in [4.78, 5) is 60.3. The van der Waals surface area contributed by atoms with Crippen LogP contribution in [0, 0.1) is 11.8 Å². The van der Waals surface area contributed by atoms with Crippen molar-refractivity contribution in [2.24, 2.45) is 11.8 Å². The molecule has 5 bridgehead atoms. The fourth-order valence-electron chi connectivity index (χ4n) is 7.50. The lowest BCUT2D eigenvalue weighted by molar-refractivity contribution is -0.162. The van der Waals surface area contributed by atoms with Gasteiger partial charge in [0, 0.05) is 43.2 Å². The number of likely N-dealkylation sites (tertiary alicyclic amines) is 1. The molecule has 12 heteroatoms. The van der Waals surface area contributed by atoms with Gasteiger partial charge in [0.1, 0.15) is 29.8 Å². The van der Waals surface area contributed by atoms with E-state index >= 15 is 0 Å². The molecule has 5 rings (SSSR count). The van der Waals surface area contributed by atoms with Gasteiger partial charge in [-0.25, -0.2) is 0 Å². The number of unbranched alkanes of at least 4 members (excludes halogenated alkanes) is 3. The normalized spacial score (nSPS) is 31.8. The van der Waals surface area contributed by atoms with E-state index in [-0.39, 0.29) is 43.9 Å². The minimum atomic E-state index is -1.38. The average Bonchev–Trinajstić information content (AvgIpc) is 3.63. The summed E-state index contributed by atoms with van der Waals surface area (Å²) >= 11 is 3.62. The van der Waals surface area contributed by atoms with Crippen molar-refractivity contribution < 1.29 is 38.5 Å². The zero-order chi connectivity index (χ0) is 34.6. The molecule has 11 nitrogen and oxygen atoms in total. The monoisotopic (exact) mass is 729 g/mol. The fraction of sp³-hybridized carbons (Fsp3) is 0.611. The molecule has 7 atom stereocenters. The van der Waals surface area contributed by atoms with E-state index in [9.17, 15) is 24.3 Å². The number of rotatable bonds is 9. The molecule has 0 radical (unpaired) electrons. The minimum Gasteiger partial charge on any atom is -0.455 e. The number of ether oxygens (including phenoxy) is 3. The van der Waals surface area contributed by atoms with E-state index in [1.165, 1.54) is 7.11 Å². The van der Waals surface area contributed by atoms with Crippen molar-refractivity contribution in [3.8, 4) is 0 Å². The van der Waals surface area contributed by atoms with Crippen LogP contribution in [0.25, 0.3) is 0 Å². The molecule has 4 aliphatic heterocycles. The van der Waals surface area contributed by atoms with Gasteiger partial charge in [-0.3, -0.25) is 19.2 Å². The number of halogens is 1. The van der Waals surface area contributed by atoms with E-state index in [4.69, 9.17) is 14.2 Å². The van der Waals surface area contributed by atoms with Crippen LogP contribution in [0.2, 0.25) is 0 Å².